The van der Waals surface area contributed by atoms with Crippen molar-refractivity contribution in [1.82, 2.24) is 0 Å². The lowest BCUT2D eigenvalue weighted by molar-refractivity contribution is -0.107. The van der Waals surface area contributed by atoms with Gasteiger partial charge in [0.2, 0.25) is 0 Å². The summed E-state index contributed by atoms with van der Waals surface area (Å²) in [6, 6.07) is 0. The summed E-state index contributed by atoms with van der Waals surface area (Å²) in [5.74, 6) is 0.529. The average Bonchev–Trinajstić information content (AvgIpc) is 2.97. The molecule has 1 fully saturated rings. The lowest BCUT2D eigenvalue weighted by Crippen LogP contribution is -2.26. The first-order valence-corrected chi connectivity index (χ1v) is 5.88. The summed E-state index contributed by atoms with van der Waals surface area (Å²) in [5, 5.41) is 10.1. The van der Waals surface area contributed by atoms with Gasteiger partial charge in [0.15, 0.2) is 0 Å². The van der Waals surface area contributed by atoms with E-state index in [0.29, 0.717) is 12.3 Å². The second-order valence-corrected chi connectivity index (χ2v) is 4.93. The molecule has 0 aromatic heterocycles. The van der Waals surface area contributed by atoms with E-state index in [9.17, 15) is 9.90 Å². The summed E-state index contributed by atoms with van der Waals surface area (Å²) in [7, 11) is 0. The maximum Gasteiger partial charge on any atom is 0.120 e. The molecular weight excluding hydrogens is 188 g/mol. The van der Waals surface area contributed by atoms with Crippen molar-refractivity contribution < 1.29 is 9.90 Å². The highest BCUT2D eigenvalue weighted by molar-refractivity contribution is 5.49. The van der Waals surface area contributed by atoms with Crippen molar-refractivity contribution in [2.45, 2.75) is 58.0 Å². The van der Waals surface area contributed by atoms with Gasteiger partial charge in [0.25, 0.3) is 0 Å². The minimum atomic E-state index is -0.471. The van der Waals surface area contributed by atoms with Crippen LogP contribution in [0.4, 0.5) is 0 Å². The zero-order valence-corrected chi connectivity index (χ0v) is 9.83. The third-order valence-electron chi connectivity index (χ3n) is 3.26. The Kier molecular flexibility index (Phi) is 4.52. The molecule has 0 saturated heterocycles. The third-order valence-corrected chi connectivity index (χ3v) is 3.26. The first-order chi connectivity index (χ1) is 7.06. The van der Waals surface area contributed by atoms with Crippen molar-refractivity contribution in [3.63, 3.8) is 0 Å². The summed E-state index contributed by atoms with van der Waals surface area (Å²) in [5.41, 5.74) is 0.787. The van der Waals surface area contributed by atoms with Crippen LogP contribution >= 0.6 is 0 Å². The van der Waals surface area contributed by atoms with Crippen LogP contribution in [0.5, 0.6) is 0 Å². The molecule has 2 nitrogen and oxygen atoms in total. The van der Waals surface area contributed by atoms with E-state index in [2.05, 4.69) is 13.0 Å². The highest BCUT2D eigenvalue weighted by Gasteiger charge is 2.38. The van der Waals surface area contributed by atoms with Gasteiger partial charge in [-0.2, -0.15) is 0 Å². The minimum Gasteiger partial charge on any atom is -0.390 e. The molecule has 0 aliphatic heterocycles. The van der Waals surface area contributed by atoms with E-state index in [1.807, 2.05) is 6.92 Å². The highest BCUT2D eigenvalue weighted by Crippen LogP contribution is 2.41. The van der Waals surface area contributed by atoms with Crippen LogP contribution in [-0.2, 0) is 4.79 Å². The molecule has 0 aromatic rings. The normalized spacial score (nSPS) is 21.1. The van der Waals surface area contributed by atoms with Crippen LogP contribution in [0.2, 0.25) is 0 Å². The second kappa shape index (κ2) is 5.45. The van der Waals surface area contributed by atoms with Crippen LogP contribution in [0.15, 0.2) is 11.6 Å². The monoisotopic (exact) mass is 210 g/mol. The molecule has 2 heteroatoms. The van der Waals surface area contributed by atoms with E-state index in [4.69, 9.17) is 0 Å². The van der Waals surface area contributed by atoms with Crippen molar-refractivity contribution in [3.8, 4) is 0 Å². The molecule has 1 aliphatic rings. The molecule has 1 unspecified atom stereocenters. The minimum absolute atomic E-state index is 0.471. The van der Waals surface area contributed by atoms with E-state index >= 15 is 0 Å². The predicted molar refractivity (Wildman–Crippen MR) is 61.6 cm³/mol. The molecule has 0 bridgehead atoms. The summed E-state index contributed by atoms with van der Waals surface area (Å²) in [6.45, 7) is 3.99. The Bertz CT molecular complexity index is 237. The molecule has 1 rings (SSSR count). The molecule has 0 heterocycles. The number of carbonyl (C=O) groups excluding carboxylic acids is 1. The SMILES string of the molecule is CC(=CCCC(C)(O)C1CC1)CCC=O. The van der Waals surface area contributed by atoms with Crippen molar-refractivity contribution in [3.05, 3.63) is 11.6 Å². The van der Waals surface area contributed by atoms with Crippen LogP contribution in [0, 0.1) is 5.92 Å². The van der Waals surface area contributed by atoms with Gasteiger partial charge in [-0.05, 0) is 51.9 Å². The zero-order chi connectivity index (χ0) is 11.3. The van der Waals surface area contributed by atoms with E-state index in [1.165, 1.54) is 18.4 Å². The Morgan fingerprint density at radius 3 is 2.67 bits per heavy atom. The first-order valence-electron chi connectivity index (χ1n) is 5.88. The quantitative estimate of drug-likeness (QED) is 0.518. The van der Waals surface area contributed by atoms with E-state index in [0.717, 1.165) is 25.5 Å². The fraction of sp³-hybridized carbons (Fsp3) is 0.769. The average molecular weight is 210 g/mol. The number of hydrogen-bond acceptors (Lipinski definition) is 2. The Labute approximate surface area is 92.4 Å². The van der Waals surface area contributed by atoms with E-state index in [-0.39, 0.29) is 0 Å². The molecule has 15 heavy (non-hydrogen) atoms. The van der Waals surface area contributed by atoms with Crippen molar-refractivity contribution in [2.24, 2.45) is 5.92 Å². The van der Waals surface area contributed by atoms with E-state index < -0.39 is 5.60 Å². The van der Waals surface area contributed by atoms with Crippen LogP contribution in [0.25, 0.3) is 0 Å². The Balaban J connectivity index is 2.21. The van der Waals surface area contributed by atoms with Crippen molar-refractivity contribution in [1.29, 1.82) is 0 Å². The molecule has 1 aliphatic carbocycles. The molecule has 1 atom stereocenters. The Morgan fingerprint density at radius 1 is 1.47 bits per heavy atom. The van der Waals surface area contributed by atoms with Gasteiger partial charge in [-0.3, -0.25) is 0 Å². The van der Waals surface area contributed by atoms with Crippen LogP contribution < -0.4 is 0 Å². The summed E-state index contributed by atoms with van der Waals surface area (Å²) in [4.78, 5) is 10.2. The predicted octanol–water partition coefficient (Wildman–Crippen LogP) is 2.85. The number of aliphatic hydroxyl groups is 1. The van der Waals surface area contributed by atoms with Crippen LogP contribution in [0.3, 0.4) is 0 Å². The van der Waals surface area contributed by atoms with Gasteiger partial charge in [-0.15, -0.1) is 0 Å². The number of carbonyl (C=O) groups is 1. The van der Waals surface area contributed by atoms with Crippen molar-refractivity contribution in [2.75, 3.05) is 0 Å². The number of allylic oxidation sites excluding steroid dienone is 2. The summed E-state index contributed by atoms with van der Waals surface area (Å²) in [6.07, 6.45) is 8.71. The molecule has 0 aromatic carbocycles. The maximum absolute atomic E-state index is 10.2. The zero-order valence-electron chi connectivity index (χ0n) is 9.83. The van der Waals surface area contributed by atoms with Gasteiger partial charge in [-0.1, -0.05) is 11.6 Å². The molecule has 0 spiro atoms. The van der Waals surface area contributed by atoms with Crippen molar-refractivity contribution >= 4 is 6.29 Å². The highest BCUT2D eigenvalue weighted by atomic mass is 16.3. The Hall–Kier alpha value is -0.630. The maximum atomic E-state index is 10.2. The van der Waals surface area contributed by atoms with Crippen LogP contribution in [0.1, 0.15) is 52.4 Å². The molecule has 0 amide bonds. The van der Waals surface area contributed by atoms with Crippen LogP contribution in [-0.4, -0.2) is 17.0 Å². The van der Waals surface area contributed by atoms with Gasteiger partial charge in [-0.25, -0.2) is 0 Å². The smallest absolute Gasteiger partial charge is 0.120 e. The molecule has 1 N–H and O–H groups in total. The fourth-order valence-corrected chi connectivity index (χ4v) is 1.91. The van der Waals surface area contributed by atoms with Gasteiger partial charge >= 0.3 is 0 Å². The topological polar surface area (TPSA) is 37.3 Å². The first kappa shape index (κ1) is 12.4. The number of aldehydes is 1. The van der Waals surface area contributed by atoms with Gasteiger partial charge in [0.1, 0.15) is 6.29 Å². The van der Waals surface area contributed by atoms with Gasteiger partial charge in [0.05, 0.1) is 5.60 Å². The second-order valence-electron chi connectivity index (χ2n) is 4.93. The Morgan fingerprint density at radius 2 is 2.13 bits per heavy atom. The van der Waals surface area contributed by atoms with Gasteiger partial charge < -0.3 is 9.90 Å². The van der Waals surface area contributed by atoms with Gasteiger partial charge in [0, 0.05) is 6.42 Å². The largest absolute Gasteiger partial charge is 0.390 e. The molecule has 86 valence electrons. The lowest BCUT2D eigenvalue weighted by Gasteiger charge is -2.22. The molecule has 1 saturated carbocycles. The number of hydrogen-bond donors (Lipinski definition) is 1. The fourth-order valence-electron chi connectivity index (χ4n) is 1.91. The third kappa shape index (κ3) is 4.61. The lowest BCUT2D eigenvalue weighted by atomic mass is 9.94. The summed E-state index contributed by atoms with van der Waals surface area (Å²) < 4.78 is 0. The molecule has 0 radical (unpaired) electrons. The number of rotatable bonds is 7. The summed E-state index contributed by atoms with van der Waals surface area (Å²) >= 11 is 0. The molecular formula is C13H22O2. The van der Waals surface area contributed by atoms with E-state index in [1.54, 1.807) is 0 Å². The standard InChI is InChI=1S/C13H22O2/c1-11(6-4-10-14)5-3-9-13(2,15)12-7-8-12/h5,10,12,15H,3-4,6-9H2,1-2H3.